The Kier molecular flexibility index (Phi) is 2.62. The Bertz CT molecular complexity index is 521. The molecule has 1 aromatic carbocycles. The number of nitrogens with one attached hydrogen (secondary N) is 1. The van der Waals surface area contributed by atoms with Crippen molar-refractivity contribution in [2.45, 2.75) is 20.8 Å². The lowest BCUT2D eigenvalue weighted by Gasteiger charge is -2.22. The summed E-state index contributed by atoms with van der Waals surface area (Å²) in [5.41, 5.74) is 2.73. The second-order valence-corrected chi connectivity index (χ2v) is 5.14. The van der Waals surface area contributed by atoms with Gasteiger partial charge in [0.2, 0.25) is 12.2 Å². The van der Waals surface area contributed by atoms with Gasteiger partial charge in [-0.25, -0.2) is 0 Å². The molecule has 1 aliphatic carbocycles. The van der Waals surface area contributed by atoms with Crippen LogP contribution in [0.1, 0.15) is 36.7 Å². The second kappa shape index (κ2) is 3.84. The molecule has 0 atom stereocenters. The van der Waals surface area contributed by atoms with E-state index in [0.717, 1.165) is 11.1 Å². The summed E-state index contributed by atoms with van der Waals surface area (Å²) in [7, 11) is 0. The average molecular weight is 229 g/mol. The maximum Gasteiger partial charge on any atom is 0.211 e. The quantitative estimate of drug-likeness (QED) is 0.791. The van der Waals surface area contributed by atoms with Crippen LogP contribution in [0.2, 0.25) is 0 Å². The Morgan fingerprint density at radius 1 is 1.12 bits per heavy atom. The number of rotatable bonds is 2. The first-order valence-corrected chi connectivity index (χ1v) is 5.56. The first kappa shape index (κ1) is 11.6. The van der Waals surface area contributed by atoms with Crippen LogP contribution in [0.5, 0.6) is 0 Å². The van der Waals surface area contributed by atoms with Gasteiger partial charge in [-0.1, -0.05) is 45.0 Å². The third kappa shape index (κ3) is 1.78. The molecule has 1 aliphatic rings. The number of carbonyl (C=O) groups excluding carboxylic acids is 2. The Morgan fingerprint density at radius 2 is 1.71 bits per heavy atom. The van der Waals surface area contributed by atoms with Gasteiger partial charge in [0.25, 0.3) is 0 Å². The van der Waals surface area contributed by atoms with Crippen LogP contribution in [0.4, 0.5) is 0 Å². The van der Waals surface area contributed by atoms with Crippen LogP contribution in [0.15, 0.2) is 30.0 Å². The van der Waals surface area contributed by atoms with E-state index in [1.54, 1.807) is 6.07 Å². The lowest BCUT2D eigenvalue weighted by Crippen LogP contribution is -2.20. The summed E-state index contributed by atoms with van der Waals surface area (Å²) in [6, 6.07) is 7.46. The molecule has 1 amide bonds. The molecule has 3 nitrogen and oxygen atoms in total. The summed E-state index contributed by atoms with van der Waals surface area (Å²) in [5, 5.41) is 2.55. The number of hydrogen-bond acceptors (Lipinski definition) is 2. The molecule has 0 aliphatic heterocycles. The van der Waals surface area contributed by atoms with E-state index in [4.69, 9.17) is 0 Å². The number of allylic oxidation sites excluding steroid dienone is 2. The second-order valence-electron chi connectivity index (χ2n) is 5.14. The van der Waals surface area contributed by atoms with Crippen molar-refractivity contribution in [3.05, 3.63) is 41.1 Å². The minimum absolute atomic E-state index is 0.0994. The van der Waals surface area contributed by atoms with Gasteiger partial charge < -0.3 is 5.32 Å². The van der Waals surface area contributed by atoms with Gasteiger partial charge >= 0.3 is 0 Å². The molecular formula is C14H15NO2. The maximum absolute atomic E-state index is 12.2. The Balaban J connectivity index is 2.68. The van der Waals surface area contributed by atoms with E-state index >= 15 is 0 Å². The molecule has 0 saturated heterocycles. The summed E-state index contributed by atoms with van der Waals surface area (Å²) in [6.07, 6.45) is 0.560. The first-order chi connectivity index (χ1) is 7.96. The van der Waals surface area contributed by atoms with Crippen molar-refractivity contribution in [2.24, 2.45) is 5.41 Å². The van der Waals surface area contributed by atoms with Gasteiger partial charge in [0.15, 0.2) is 0 Å². The van der Waals surface area contributed by atoms with Crippen molar-refractivity contribution in [3.8, 4) is 0 Å². The molecule has 0 radical (unpaired) electrons. The molecule has 0 bridgehead atoms. The van der Waals surface area contributed by atoms with Crippen LogP contribution in [-0.2, 0) is 4.79 Å². The minimum Gasteiger partial charge on any atom is -0.325 e. The molecule has 0 saturated carbocycles. The van der Waals surface area contributed by atoms with Crippen LogP contribution in [0.3, 0.4) is 0 Å². The van der Waals surface area contributed by atoms with Crippen LogP contribution >= 0.6 is 0 Å². The fourth-order valence-electron chi connectivity index (χ4n) is 2.26. The van der Waals surface area contributed by atoms with Crippen LogP contribution in [0.25, 0.3) is 5.57 Å². The fraction of sp³-hybridized carbons (Fsp3) is 0.286. The van der Waals surface area contributed by atoms with Gasteiger partial charge in [-0.3, -0.25) is 9.59 Å². The third-order valence-corrected chi connectivity index (χ3v) is 2.87. The summed E-state index contributed by atoms with van der Waals surface area (Å²) >= 11 is 0. The van der Waals surface area contributed by atoms with E-state index in [-0.39, 0.29) is 11.2 Å². The highest BCUT2D eigenvalue weighted by molar-refractivity contribution is 6.21. The maximum atomic E-state index is 12.2. The average Bonchev–Trinajstić information content (AvgIpc) is 2.53. The minimum atomic E-state index is -0.187. The summed E-state index contributed by atoms with van der Waals surface area (Å²) in [6.45, 7) is 6.10. The van der Waals surface area contributed by atoms with Crippen LogP contribution in [0, 0.1) is 5.41 Å². The summed E-state index contributed by atoms with van der Waals surface area (Å²) < 4.78 is 0. The van der Waals surface area contributed by atoms with Crippen molar-refractivity contribution in [1.29, 1.82) is 0 Å². The molecule has 88 valence electrons. The van der Waals surface area contributed by atoms with Gasteiger partial charge in [-0.05, 0) is 16.6 Å². The molecule has 3 heteroatoms. The number of carbonyl (C=O) groups is 2. The number of fused-ring (bicyclic) bond motifs is 1. The summed E-state index contributed by atoms with van der Waals surface area (Å²) in [4.78, 5) is 22.8. The van der Waals surface area contributed by atoms with E-state index in [9.17, 15) is 9.59 Å². The Morgan fingerprint density at radius 3 is 2.24 bits per heavy atom. The standard InChI is InChI=1S/C14H15NO2/c1-14(2,3)11-9-6-4-5-7-10(9)13(17)12(11)15-8-16/h4-8H,1-3H3,(H,15,16,17). The van der Waals surface area contributed by atoms with Crippen LogP contribution < -0.4 is 5.32 Å². The zero-order chi connectivity index (χ0) is 12.6. The fourth-order valence-corrected chi connectivity index (χ4v) is 2.26. The molecule has 0 heterocycles. The van der Waals surface area contributed by atoms with E-state index in [0.29, 0.717) is 17.7 Å². The number of benzene rings is 1. The smallest absolute Gasteiger partial charge is 0.211 e. The van der Waals surface area contributed by atoms with Gasteiger partial charge in [-0.2, -0.15) is 0 Å². The Hall–Kier alpha value is -1.90. The largest absolute Gasteiger partial charge is 0.325 e. The topological polar surface area (TPSA) is 46.2 Å². The number of amides is 1. The van der Waals surface area contributed by atoms with Crippen LogP contribution in [-0.4, -0.2) is 12.2 Å². The molecule has 0 fully saturated rings. The molecule has 2 rings (SSSR count). The Labute approximate surface area is 101 Å². The van der Waals surface area contributed by atoms with Gasteiger partial charge in [0.1, 0.15) is 0 Å². The van der Waals surface area contributed by atoms with Gasteiger partial charge in [-0.15, -0.1) is 0 Å². The summed E-state index contributed by atoms with van der Waals surface area (Å²) in [5.74, 6) is -0.0994. The SMILES string of the molecule is CC(C)(C)C1=C(NC=O)C(=O)c2ccccc21. The van der Waals surface area contributed by atoms with Gasteiger partial charge in [0, 0.05) is 5.56 Å². The highest BCUT2D eigenvalue weighted by Gasteiger charge is 2.35. The monoisotopic (exact) mass is 229 g/mol. The van der Waals surface area contributed by atoms with E-state index in [2.05, 4.69) is 5.32 Å². The number of ketones is 1. The molecule has 0 spiro atoms. The lowest BCUT2D eigenvalue weighted by molar-refractivity contribution is -0.108. The van der Waals surface area contributed by atoms with E-state index in [1.807, 2.05) is 39.0 Å². The molecule has 0 unspecified atom stereocenters. The van der Waals surface area contributed by atoms with Crippen molar-refractivity contribution >= 4 is 17.8 Å². The lowest BCUT2D eigenvalue weighted by atomic mass is 9.83. The van der Waals surface area contributed by atoms with Crippen molar-refractivity contribution < 1.29 is 9.59 Å². The zero-order valence-corrected chi connectivity index (χ0v) is 10.2. The highest BCUT2D eigenvalue weighted by Crippen LogP contribution is 2.42. The molecular weight excluding hydrogens is 214 g/mol. The van der Waals surface area contributed by atoms with E-state index < -0.39 is 0 Å². The predicted octanol–water partition coefficient (Wildman–Crippen LogP) is 2.39. The number of Topliss-reactive ketones (excluding diaryl/α,β-unsaturated/α-hetero) is 1. The van der Waals surface area contributed by atoms with Crippen molar-refractivity contribution in [1.82, 2.24) is 5.32 Å². The van der Waals surface area contributed by atoms with E-state index in [1.165, 1.54) is 0 Å². The van der Waals surface area contributed by atoms with Gasteiger partial charge in [0.05, 0.1) is 5.70 Å². The van der Waals surface area contributed by atoms with Crippen molar-refractivity contribution in [3.63, 3.8) is 0 Å². The predicted molar refractivity (Wildman–Crippen MR) is 66.3 cm³/mol. The highest BCUT2D eigenvalue weighted by atomic mass is 16.1. The molecule has 17 heavy (non-hydrogen) atoms. The molecule has 0 aromatic heterocycles. The molecule has 1 N–H and O–H groups in total. The normalized spacial score (nSPS) is 14.9. The number of hydrogen-bond donors (Lipinski definition) is 1. The molecule has 1 aromatic rings. The first-order valence-electron chi connectivity index (χ1n) is 5.56. The third-order valence-electron chi connectivity index (χ3n) is 2.87. The zero-order valence-electron chi connectivity index (χ0n) is 10.2. The van der Waals surface area contributed by atoms with Crippen molar-refractivity contribution in [2.75, 3.05) is 0 Å².